The second kappa shape index (κ2) is 6.20. The van der Waals surface area contributed by atoms with E-state index in [0.717, 1.165) is 31.2 Å². The van der Waals surface area contributed by atoms with Crippen molar-refractivity contribution >= 4 is 5.91 Å². The molecule has 1 N–H and O–H groups in total. The number of nitrogens with zero attached hydrogens (tertiary/aromatic N) is 1. The monoisotopic (exact) mass is 261 g/mol. The second-order valence-electron chi connectivity index (χ2n) is 5.50. The van der Waals surface area contributed by atoms with Gasteiger partial charge in [-0.2, -0.15) is 0 Å². The van der Waals surface area contributed by atoms with E-state index in [1.54, 1.807) is 0 Å². The van der Waals surface area contributed by atoms with Crippen molar-refractivity contribution in [1.29, 1.82) is 0 Å². The van der Waals surface area contributed by atoms with Crippen molar-refractivity contribution in [2.24, 2.45) is 0 Å². The number of aliphatic hydroxyl groups is 1. The molecular formula is C16H23NO2. The molecular weight excluding hydrogens is 238 g/mol. The minimum Gasteiger partial charge on any atom is -0.389 e. The van der Waals surface area contributed by atoms with E-state index in [1.807, 2.05) is 42.2 Å². The summed E-state index contributed by atoms with van der Waals surface area (Å²) in [4.78, 5) is 14.1. The van der Waals surface area contributed by atoms with Crippen LogP contribution in [0.3, 0.4) is 0 Å². The van der Waals surface area contributed by atoms with E-state index in [-0.39, 0.29) is 12.3 Å². The van der Waals surface area contributed by atoms with Crippen molar-refractivity contribution in [2.45, 2.75) is 51.2 Å². The largest absolute Gasteiger partial charge is 0.389 e. The smallest absolute Gasteiger partial charge is 0.225 e. The third-order valence-corrected chi connectivity index (χ3v) is 3.97. The van der Waals surface area contributed by atoms with Gasteiger partial charge in [0.1, 0.15) is 0 Å². The van der Waals surface area contributed by atoms with Gasteiger partial charge in [0, 0.05) is 13.1 Å². The number of amides is 1. The Morgan fingerprint density at radius 3 is 2.47 bits per heavy atom. The maximum Gasteiger partial charge on any atom is 0.225 e. The highest BCUT2D eigenvalue weighted by Gasteiger charge is 2.34. The highest BCUT2D eigenvalue weighted by atomic mass is 16.3. The molecule has 3 heteroatoms. The molecule has 0 aliphatic heterocycles. The number of hydrogen-bond donors (Lipinski definition) is 1. The van der Waals surface area contributed by atoms with Gasteiger partial charge < -0.3 is 10.0 Å². The first-order chi connectivity index (χ1) is 9.13. The summed E-state index contributed by atoms with van der Waals surface area (Å²) < 4.78 is 0. The van der Waals surface area contributed by atoms with Gasteiger partial charge in [0.2, 0.25) is 5.91 Å². The Bertz CT molecular complexity index is 410. The average molecular weight is 261 g/mol. The molecule has 19 heavy (non-hydrogen) atoms. The molecule has 0 heterocycles. The Balaban J connectivity index is 1.95. The fourth-order valence-corrected chi connectivity index (χ4v) is 2.78. The van der Waals surface area contributed by atoms with E-state index >= 15 is 0 Å². The summed E-state index contributed by atoms with van der Waals surface area (Å²) in [5.41, 5.74) is 0.386. The quantitative estimate of drug-likeness (QED) is 0.885. The highest BCUT2D eigenvalue weighted by Crippen LogP contribution is 2.32. The van der Waals surface area contributed by atoms with Crippen LogP contribution in [0.25, 0.3) is 0 Å². The van der Waals surface area contributed by atoms with E-state index in [0.29, 0.717) is 13.1 Å². The predicted molar refractivity (Wildman–Crippen MR) is 75.6 cm³/mol. The predicted octanol–water partition coefficient (Wildman–Crippen LogP) is 2.73. The van der Waals surface area contributed by atoms with Crippen molar-refractivity contribution in [3.8, 4) is 0 Å². The van der Waals surface area contributed by atoms with E-state index in [9.17, 15) is 9.90 Å². The lowest BCUT2D eigenvalue weighted by Gasteiger charge is -2.27. The van der Waals surface area contributed by atoms with Crippen LogP contribution in [-0.4, -0.2) is 28.1 Å². The van der Waals surface area contributed by atoms with Gasteiger partial charge in [-0.15, -0.1) is 0 Å². The van der Waals surface area contributed by atoms with Gasteiger partial charge in [0.25, 0.3) is 0 Å². The van der Waals surface area contributed by atoms with E-state index in [2.05, 4.69) is 0 Å². The summed E-state index contributed by atoms with van der Waals surface area (Å²) in [5, 5.41) is 10.3. The SMILES string of the molecule is CCN(Cc1ccccc1)C(=O)CC1(O)CCCC1. The van der Waals surface area contributed by atoms with Crippen LogP contribution in [0.15, 0.2) is 30.3 Å². The Labute approximate surface area is 115 Å². The van der Waals surface area contributed by atoms with Gasteiger partial charge >= 0.3 is 0 Å². The first-order valence-electron chi connectivity index (χ1n) is 7.17. The van der Waals surface area contributed by atoms with Crippen molar-refractivity contribution in [2.75, 3.05) is 6.54 Å². The molecule has 0 spiro atoms. The zero-order chi connectivity index (χ0) is 13.7. The van der Waals surface area contributed by atoms with Gasteiger partial charge in [-0.25, -0.2) is 0 Å². The molecule has 2 rings (SSSR count). The summed E-state index contributed by atoms with van der Waals surface area (Å²) >= 11 is 0. The molecule has 1 saturated carbocycles. The minimum absolute atomic E-state index is 0.0655. The molecule has 0 bridgehead atoms. The number of carbonyl (C=O) groups excluding carboxylic acids is 1. The lowest BCUT2D eigenvalue weighted by atomic mass is 9.97. The standard InChI is InChI=1S/C16H23NO2/c1-2-17(13-14-8-4-3-5-9-14)15(18)12-16(19)10-6-7-11-16/h3-5,8-9,19H,2,6-7,10-13H2,1H3. The maximum absolute atomic E-state index is 12.3. The third kappa shape index (κ3) is 3.80. The second-order valence-corrected chi connectivity index (χ2v) is 5.50. The van der Waals surface area contributed by atoms with Crippen molar-refractivity contribution in [3.05, 3.63) is 35.9 Å². The Morgan fingerprint density at radius 1 is 1.26 bits per heavy atom. The molecule has 0 atom stereocenters. The van der Waals surface area contributed by atoms with Gasteiger partial charge in [0.05, 0.1) is 12.0 Å². The van der Waals surface area contributed by atoms with E-state index in [1.165, 1.54) is 0 Å². The summed E-state index contributed by atoms with van der Waals surface area (Å²) in [6, 6.07) is 10.00. The van der Waals surface area contributed by atoms with Crippen molar-refractivity contribution in [1.82, 2.24) is 4.90 Å². The summed E-state index contributed by atoms with van der Waals surface area (Å²) in [6.45, 7) is 3.30. The Kier molecular flexibility index (Phi) is 4.59. The van der Waals surface area contributed by atoms with E-state index in [4.69, 9.17) is 0 Å². The summed E-state index contributed by atoms with van der Waals surface area (Å²) in [5.74, 6) is 0.0655. The van der Waals surface area contributed by atoms with Crippen LogP contribution >= 0.6 is 0 Å². The van der Waals surface area contributed by atoms with Crippen molar-refractivity contribution < 1.29 is 9.90 Å². The molecule has 3 nitrogen and oxygen atoms in total. The fraction of sp³-hybridized carbons (Fsp3) is 0.562. The lowest BCUT2D eigenvalue weighted by Crippen LogP contribution is -2.37. The molecule has 1 aliphatic carbocycles. The van der Waals surface area contributed by atoms with Crippen LogP contribution < -0.4 is 0 Å². The van der Waals surface area contributed by atoms with Crippen LogP contribution in [0.1, 0.15) is 44.6 Å². The fourth-order valence-electron chi connectivity index (χ4n) is 2.78. The topological polar surface area (TPSA) is 40.5 Å². The number of rotatable bonds is 5. The van der Waals surface area contributed by atoms with Crippen molar-refractivity contribution in [3.63, 3.8) is 0 Å². The zero-order valence-electron chi connectivity index (χ0n) is 11.6. The van der Waals surface area contributed by atoms with Crippen LogP contribution in [0, 0.1) is 0 Å². The lowest BCUT2D eigenvalue weighted by molar-refractivity contribution is -0.136. The maximum atomic E-state index is 12.3. The number of hydrogen-bond acceptors (Lipinski definition) is 2. The Morgan fingerprint density at radius 2 is 1.89 bits per heavy atom. The van der Waals surface area contributed by atoms with Crippen LogP contribution in [0.5, 0.6) is 0 Å². The first kappa shape index (κ1) is 14.1. The number of benzene rings is 1. The molecule has 1 fully saturated rings. The summed E-state index contributed by atoms with van der Waals surface area (Å²) in [7, 11) is 0. The van der Waals surface area contributed by atoms with Gasteiger partial charge in [-0.3, -0.25) is 4.79 Å². The zero-order valence-corrected chi connectivity index (χ0v) is 11.6. The highest BCUT2D eigenvalue weighted by molar-refractivity contribution is 5.77. The molecule has 0 radical (unpaired) electrons. The molecule has 1 aliphatic rings. The summed E-state index contributed by atoms with van der Waals surface area (Å²) in [6.07, 6.45) is 3.88. The molecule has 0 unspecified atom stereocenters. The first-order valence-corrected chi connectivity index (χ1v) is 7.17. The average Bonchev–Trinajstić information content (AvgIpc) is 2.83. The normalized spacial score (nSPS) is 17.4. The molecule has 1 aromatic rings. The molecule has 1 amide bonds. The van der Waals surface area contributed by atoms with E-state index < -0.39 is 5.60 Å². The van der Waals surface area contributed by atoms with Gasteiger partial charge in [-0.1, -0.05) is 43.2 Å². The molecule has 1 aromatic carbocycles. The van der Waals surface area contributed by atoms with Gasteiger partial charge in [-0.05, 0) is 25.3 Å². The molecule has 0 aromatic heterocycles. The molecule has 0 saturated heterocycles. The van der Waals surface area contributed by atoms with Gasteiger partial charge in [0.15, 0.2) is 0 Å². The Hall–Kier alpha value is -1.35. The van der Waals surface area contributed by atoms with Crippen LogP contribution in [0.2, 0.25) is 0 Å². The molecule has 104 valence electrons. The minimum atomic E-state index is -0.749. The third-order valence-electron chi connectivity index (χ3n) is 3.97. The van der Waals surface area contributed by atoms with Crippen LogP contribution in [0.4, 0.5) is 0 Å². The van der Waals surface area contributed by atoms with Crippen LogP contribution in [-0.2, 0) is 11.3 Å². The number of carbonyl (C=O) groups is 1.